The molecule has 0 radical (unpaired) electrons. The molecular weight excluding hydrogens is 125 g/mol. The van der Waals surface area contributed by atoms with Gasteiger partial charge in [-0.3, -0.25) is 0 Å². The second-order valence-electron chi connectivity index (χ2n) is 2.12. The van der Waals surface area contributed by atoms with Crippen molar-refractivity contribution in [3.8, 4) is 0 Å². The molecule has 0 bridgehead atoms. The first kappa shape index (κ1) is 13.1. The fourth-order valence-corrected chi connectivity index (χ4v) is 0.408. The van der Waals surface area contributed by atoms with Crippen molar-refractivity contribution in [2.75, 3.05) is 40.5 Å². The van der Waals surface area contributed by atoms with Crippen LogP contribution < -0.4 is 24.0 Å². The van der Waals surface area contributed by atoms with Crippen LogP contribution in [-0.2, 0) is 4.74 Å². The molecule has 0 atom stereocenters. The molecule has 0 rings (SSSR count). The van der Waals surface area contributed by atoms with Crippen molar-refractivity contribution in [3.05, 3.63) is 0 Å². The zero-order chi connectivity index (χ0) is 7.11. The van der Waals surface area contributed by atoms with Gasteiger partial charge in [0, 0.05) is 13.2 Å². The number of nitrogens with zero attached hydrogens (tertiary/aromatic N) is 1. The molecule has 0 aliphatic rings. The molecule has 0 spiro atoms. The van der Waals surface area contributed by atoms with Crippen molar-refractivity contribution in [2.24, 2.45) is 0 Å². The van der Waals surface area contributed by atoms with E-state index in [-0.39, 0.29) is 25.5 Å². The van der Waals surface area contributed by atoms with Crippen molar-refractivity contribution in [3.63, 3.8) is 0 Å². The van der Waals surface area contributed by atoms with Gasteiger partial charge < -0.3 is 14.7 Å². The van der Waals surface area contributed by atoms with Gasteiger partial charge in [-0.05, 0) is 14.1 Å². The SMILES string of the molecule is CN(C)CCOCC[O-].[Li+]. The number of rotatable bonds is 5. The Balaban J connectivity index is 0. The van der Waals surface area contributed by atoms with E-state index < -0.39 is 0 Å². The fourth-order valence-electron chi connectivity index (χ4n) is 0.408. The Morgan fingerprint density at radius 2 is 1.90 bits per heavy atom. The molecule has 0 unspecified atom stereocenters. The Bertz CT molecular complexity index is 61.7. The van der Waals surface area contributed by atoms with Crippen LogP contribution in [0.5, 0.6) is 0 Å². The molecule has 0 heterocycles. The first-order valence-electron chi connectivity index (χ1n) is 3.08. The minimum absolute atomic E-state index is 0. The van der Waals surface area contributed by atoms with Gasteiger partial charge in [-0.1, -0.05) is 0 Å². The Hall–Kier alpha value is 0.477. The first-order chi connectivity index (χ1) is 4.27. The quantitative estimate of drug-likeness (QED) is 0.287. The summed E-state index contributed by atoms with van der Waals surface area (Å²) in [5.74, 6) is 0. The molecule has 0 saturated carbocycles. The summed E-state index contributed by atoms with van der Waals surface area (Å²) < 4.78 is 4.94. The molecule has 0 aromatic carbocycles. The third kappa shape index (κ3) is 11.3. The van der Waals surface area contributed by atoms with Gasteiger partial charge in [0.2, 0.25) is 0 Å². The van der Waals surface area contributed by atoms with E-state index in [9.17, 15) is 5.11 Å². The number of ether oxygens (including phenoxy) is 1. The van der Waals surface area contributed by atoms with Gasteiger partial charge in [0.05, 0.1) is 6.61 Å². The summed E-state index contributed by atoms with van der Waals surface area (Å²) in [5.41, 5.74) is 0. The van der Waals surface area contributed by atoms with Gasteiger partial charge in [0.25, 0.3) is 0 Å². The van der Waals surface area contributed by atoms with Crippen molar-refractivity contribution in [1.29, 1.82) is 0 Å². The summed E-state index contributed by atoms with van der Waals surface area (Å²) in [7, 11) is 3.95. The van der Waals surface area contributed by atoms with Gasteiger partial charge in [-0.25, -0.2) is 0 Å². The van der Waals surface area contributed by atoms with E-state index >= 15 is 0 Å². The maximum atomic E-state index is 9.84. The van der Waals surface area contributed by atoms with E-state index in [1.807, 2.05) is 19.0 Å². The second-order valence-corrected chi connectivity index (χ2v) is 2.12. The maximum absolute atomic E-state index is 9.84. The molecule has 0 N–H and O–H groups in total. The van der Waals surface area contributed by atoms with Gasteiger partial charge in [0.1, 0.15) is 0 Å². The third-order valence-electron chi connectivity index (χ3n) is 0.911. The van der Waals surface area contributed by atoms with Crippen LogP contribution in [0.25, 0.3) is 0 Å². The fraction of sp³-hybridized carbons (Fsp3) is 1.00. The predicted molar refractivity (Wildman–Crippen MR) is 34.2 cm³/mol. The average Bonchev–Trinajstić information content (AvgIpc) is 1.80. The molecular formula is C6H14LiNO2. The molecule has 4 heteroatoms. The van der Waals surface area contributed by atoms with Crippen molar-refractivity contribution in [2.45, 2.75) is 0 Å². The molecule has 0 amide bonds. The number of hydrogen-bond donors (Lipinski definition) is 0. The van der Waals surface area contributed by atoms with E-state index in [4.69, 9.17) is 4.74 Å². The molecule has 0 aromatic rings. The van der Waals surface area contributed by atoms with Crippen molar-refractivity contribution < 1.29 is 28.7 Å². The van der Waals surface area contributed by atoms with Crippen molar-refractivity contribution in [1.82, 2.24) is 4.90 Å². The van der Waals surface area contributed by atoms with Crippen LogP contribution in [0.3, 0.4) is 0 Å². The monoisotopic (exact) mass is 139 g/mol. The van der Waals surface area contributed by atoms with Crippen LogP contribution in [0.2, 0.25) is 0 Å². The molecule has 10 heavy (non-hydrogen) atoms. The summed E-state index contributed by atoms with van der Waals surface area (Å²) in [4.78, 5) is 2.02. The van der Waals surface area contributed by atoms with Crippen LogP contribution in [-0.4, -0.2) is 45.4 Å². The number of likely N-dealkylation sites (N-methyl/N-ethyl adjacent to an activating group) is 1. The Labute approximate surface area is 74.5 Å². The topological polar surface area (TPSA) is 35.5 Å². The molecule has 3 nitrogen and oxygen atoms in total. The standard InChI is InChI=1S/C6H14NO2.Li/c1-7(2)3-5-9-6-4-8;/h3-6H2,1-2H3;/q-1;+1. The van der Waals surface area contributed by atoms with Gasteiger partial charge in [0.15, 0.2) is 0 Å². The van der Waals surface area contributed by atoms with Crippen LogP contribution in [0, 0.1) is 0 Å². The summed E-state index contributed by atoms with van der Waals surface area (Å²) >= 11 is 0. The van der Waals surface area contributed by atoms with E-state index in [0.717, 1.165) is 6.54 Å². The zero-order valence-corrected chi connectivity index (χ0v) is 7.09. The molecule has 0 aliphatic carbocycles. The molecule has 0 fully saturated rings. The zero-order valence-electron chi connectivity index (χ0n) is 7.09. The van der Waals surface area contributed by atoms with E-state index in [2.05, 4.69) is 0 Å². The van der Waals surface area contributed by atoms with Gasteiger partial charge in [-0.15, -0.1) is 6.61 Å². The Morgan fingerprint density at radius 1 is 1.30 bits per heavy atom. The average molecular weight is 139 g/mol. The van der Waals surface area contributed by atoms with Crippen molar-refractivity contribution >= 4 is 0 Å². The van der Waals surface area contributed by atoms with Crippen LogP contribution in [0.15, 0.2) is 0 Å². The van der Waals surface area contributed by atoms with Gasteiger partial charge >= 0.3 is 18.9 Å². The summed E-state index contributed by atoms with van der Waals surface area (Å²) in [6, 6.07) is 0. The minimum Gasteiger partial charge on any atom is -0.853 e. The molecule has 0 saturated heterocycles. The molecule has 0 aliphatic heterocycles. The smallest absolute Gasteiger partial charge is 0.853 e. The van der Waals surface area contributed by atoms with E-state index in [1.54, 1.807) is 0 Å². The predicted octanol–water partition coefficient (Wildman–Crippen LogP) is -4.07. The van der Waals surface area contributed by atoms with Crippen LogP contribution in [0.1, 0.15) is 0 Å². The van der Waals surface area contributed by atoms with Gasteiger partial charge in [-0.2, -0.15) is 0 Å². The molecule has 0 aromatic heterocycles. The Morgan fingerprint density at radius 3 is 2.30 bits per heavy atom. The molecule has 56 valence electrons. The van der Waals surface area contributed by atoms with Crippen LogP contribution in [0.4, 0.5) is 0 Å². The largest absolute Gasteiger partial charge is 1.00 e. The summed E-state index contributed by atoms with van der Waals surface area (Å²) in [5, 5.41) is 9.84. The Kier molecular flexibility index (Phi) is 12.4. The van der Waals surface area contributed by atoms with Crippen LogP contribution >= 0.6 is 0 Å². The summed E-state index contributed by atoms with van der Waals surface area (Å²) in [6.45, 7) is 1.76. The van der Waals surface area contributed by atoms with E-state index in [1.165, 1.54) is 0 Å². The maximum Gasteiger partial charge on any atom is 1.00 e. The first-order valence-corrected chi connectivity index (χ1v) is 3.08. The minimum atomic E-state index is -0.132. The third-order valence-corrected chi connectivity index (χ3v) is 0.911. The number of hydrogen-bond acceptors (Lipinski definition) is 3. The summed E-state index contributed by atoms with van der Waals surface area (Å²) in [6.07, 6.45) is 0. The normalized spacial score (nSPS) is 9.60. The van der Waals surface area contributed by atoms with E-state index in [0.29, 0.717) is 13.2 Å². The second kappa shape index (κ2) is 9.48.